The van der Waals surface area contributed by atoms with Crippen LogP contribution in [0.15, 0.2) is 24.3 Å². The van der Waals surface area contributed by atoms with Gasteiger partial charge in [-0.15, -0.1) is 11.3 Å². The van der Waals surface area contributed by atoms with Crippen molar-refractivity contribution in [2.45, 2.75) is 39.5 Å². The van der Waals surface area contributed by atoms with Crippen molar-refractivity contribution < 1.29 is 19.1 Å². The summed E-state index contributed by atoms with van der Waals surface area (Å²) in [4.78, 5) is 25.4. The normalized spacial score (nSPS) is 12.5. The third-order valence-corrected chi connectivity index (χ3v) is 5.51. The molecule has 0 bridgehead atoms. The Bertz CT molecular complexity index is 812. The molecule has 0 spiro atoms. The number of carbonyl (C=O) groups excluding carboxylic acids is 2. The van der Waals surface area contributed by atoms with Gasteiger partial charge in [0, 0.05) is 4.88 Å². The van der Waals surface area contributed by atoms with Crippen molar-refractivity contribution in [1.29, 1.82) is 0 Å². The van der Waals surface area contributed by atoms with Crippen LogP contribution in [0.2, 0.25) is 0 Å². The van der Waals surface area contributed by atoms with E-state index >= 15 is 0 Å². The molecule has 0 fully saturated rings. The van der Waals surface area contributed by atoms with Crippen molar-refractivity contribution in [2.75, 3.05) is 18.5 Å². The third kappa shape index (κ3) is 4.25. The van der Waals surface area contributed by atoms with Crippen LogP contribution in [-0.2, 0) is 28.8 Å². The summed E-state index contributed by atoms with van der Waals surface area (Å²) in [6.45, 7) is 3.96. The third-order valence-electron chi connectivity index (χ3n) is 4.32. The van der Waals surface area contributed by atoms with E-state index in [2.05, 4.69) is 11.4 Å². The van der Waals surface area contributed by atoms with E-state index in [9.17, 15) is 9.59 Å². The second-order valence-electron chi connectivity index (χ2n) is 6.15. The maximum absolute atomic E-state index is 12.3. The lowest BCUT2D eigenvalue weighted by molar-refractivity contribution is -0.118. The summed E-state index contributed by atoms with van der Waals surface area (Å²) in [5.74, 6) is -0.00863. The highest BCUT2D eigenvalue weighted by molar-refractivity contribution is 7.16. The summed E-state index contributed by atoms with van der Waals surface area (Å²) in [5, 5.41) is 3.30. The lowest BCUT2D eigenvalue weighted by Gasteiger charge is -2.09. The minimum absolute atomic E-state index is 0.0968. The summed E-state index contributed by atoms with van der Waals surface area (Å²) in [5.41, 5.74) is 3.07. The molecule has 1 aliphatic rings. The molecule has 26 heavy (non-hydrogen) atoms. The molecule has 1 N–H and O–H groups in total. The molecule has 0 saturated carbocycles. The Morgan fingerprint density at radius 2 is 1.96 bits per heavy atom. The number of thiophene rings is 1. The van der Waals surface area contributed by atoms with Crippen molar-refractivity contribution >= 4 is 28.2 Å². The van der Waals surface area contributed by atoms with Crippen molar-refractivity contribution in [1.82, 2.24) is 0 Å². The van der Waals surface area contributed by atoms with Gasteiger partial charge in [0.25, 0.3) is 5.91 Å². The molecule has 0 atom stereocenters. The molecule has 1 aromatic carbocycles. The Morgan fingerprint density at radius 3 is 2.73 bits per heavy atom. The van der Waals surface area contributed by atoms with E-state index in [-0.39, 0.29) is 12.5 Å². The number of amides is 1. The first kappa shape index (κ1) is 18.5. The monoisotopic (exact) mass is 373 g/mol. The zero-order valence-corrected chi connectivity index (χ0v) is 15.9. The average molecular weight is 373 g/mol. The van der Waals surface area contributed by atoms with Crippen LogP contribution in [0.1, 0.15) is 46.6 Å². The molecule has 138 valence electrons. The molecular weight excluding hydrogens is 350 g/mol. The molecule has 0 radical (unpaired) electrons. The highest BCUT2D eigenvalue weighted by atomic mass is 32.1. The Kier molecular flexibility index (Phi) is 5.93. The fourth-order valence-corrected chi connectivity index (χ4v) is 4.02. The van der Waals surface area contributed by atoms with Crippen LogP contribution in [0.25, 0.3) is 0 Å². The van der Waals surface area contributed by atoms with Crippen LogP contribution in [-0.4, -0.2) is 25.1 Å². The Hall–Kier alpha value is -2.34. The van der Waals surface area contributed by atoms with Gasteiger partial charge >= 0.3 is 5.97 Å². The Balaban J connectivity index is 1.62. The minimum atomic E-state index is -0.418. The van der Waals surface area contributed by atoms with E-state index in [1.807, 2.05) is 19.1 Å². The molecule has 6 heteroatoms. The minimum Gasteiger partial charge on any atom is -0.484 e. The number of fused-ring (bicyclic) bond motifs is 1. The lowest BCUT2D eigenvalue weighted by atomic mass is 10.1. The van der Waals surface area contributed by atoms with E-state index < -0.39 is 5.97 Å². The zero-order valence-electron chi connectivity index (χ0n) is 15.1. The molecule has 1 heterocycles. The molecule has 0 saturated heterocycles. The summed E-state index contributed by atoms with van der Waals surface area (Å²) in [6.07, 6.45) is 4.15. The number of anilines is 1. The van der Waals surface area contributed by atoms with Gasteiger partial charge in [0.05, 0.1) is 12.2 Å². The number of ether oxygens (including phenoxy) is 2. The summed E-state index contributed by atoms with van der Waals surface area (Å²) in [6, 6.07) is 7.77. The van der Waals surface area contributed by atoms with Crippen LogP contribution in [0, 0.1) is 0 Å². The van der Waals surface area contributed by atoms with Gasteiger partial charge in [-0.25, -0.2) is 4.79 Å². The standard InChI is InChI=1S/C20H23NO4S/c1-3-16-11-17(20(23)24-4-2)19(26-16)21-18(22)12-25-15-9-8-13-6-5-7-14(13)10-15/h8-11H,3-7,12H2,1-2H3,(H,21,22). The highest BCUT2D eigenvalue weighted by Crippen LogP contribution is 2.29. The Labute approximate surface area is 157 Å². The predicted octanol–water partition coefficient (Wildman–Crippen LogP) is 3.99. The lowest BCUT2D eigenvalue weighted by Crippen LogP contribution is -2.21. The van der Waals surface area contributed by atoms with Crippen LogP contribution >= 0.6 is 11.3 Å². The van der Waals surface area contributed by atoms with Gasteiger partial charge in [-0.2, -0.15) is 0 Å². The van der Waals surface area contributed by atoms with Crippen molar-refractivity contribution in [2.24, 2.45) is 0 Å². The van der Waals surface area contributed by atoms with E-state index in [4.69, 9.17) is 9.47 Å². The number of nitrogens with one attached hydrogen (secondary N) is 1. The number of benzene rings is 1. The SMILES string of the molecule is CCOC(=O)c1cc(CC)sc1NC(=O)COc1ccc2c(c1)CCC2. The van der Waals surface area contributed by atoms with Crippen molar-refractivity contribution in [3.8, 4) is 5.75 Å². The number of carbonyl (C=O) groups is 2. The van der Waals surface area contributed by atoms with Gasteiger partial charge in [-0.05, 0) is 61.9 Å². The predicted molar refractivity (Wildman–Crippen MR) is 102 cm³/mol. The van der Waals surface area contributed by atoms with Crippen molar-refractivity contribution in [3.05, 3.63) is 45.8 Å². The first-order valence-corrected chi connectivity index (χ1v) is 9.76. The van der Waals surface area contributed by atoms with Crippen LogP contribution in [0.3, 0.4) is 0 Å². The van der Waals surface area contributed by atoms with E-state index in [1.54, 1.807) is 13.0 Å². The van der Waals surface area contributed by atoms with E-state index in [0.29, 0.717) is 22.9 Å². The number of hydrogen-bond acceptors (Lipinski definition) is 5. The molecule has 3 rings (SSSR count). The molecular formula is C20H23NO4S. The van der Waals surface area contributed by atoms with Gasteiger partial charge in [-0.1, -0.05) is 13.0 Å². The topological polar surface area (TPSA) is 64.6 Å². The quantitative estimate of drug-likeness (QED) is 0.745. The molecule has 1 aromatic heterocycles. The first-order valence-electron chi connectivity index (χ1n) is 8.95. The van der Waals surface area contributed by atoms with Gasteiger partial charge in [0.15, 0.2) is 6.61 Å². The van der Waals surface area contributed by atoms with E-state index in [1.165, 1.54) is 28.9 Å². The molecule has 2 aromatic rings. The number of hydrogen-bond donors (Lipinski definition) is 1. The second-order valence-corrected chi connectivity index (χ2v) is 7.29. The first-order chi connectivity index (χ1) is 12.6. The number of rotatable bonds is 7. The smallest absolute Gasteiger partial charge is 0.341 e. The summed E-state index contributed by atoms with van der Waals surface area (Å²) >= 11 is 1.39. The average Bonchev–Trinajstić information content (AvgIpc) is 3.26. The molecule has 0 aliphatic heterocycles. The fraction of sp³-hybridized carbons (Fsp3) is 0.400. The molecule has 1 amide bonds. The fourth-order valence-electron chi connectivity index (χ4n) is 3.02. The van der Waals surface area contributed by atoms with Gasteiger partial charge in [0.2, 0.25) is 0 Å². The molecule has 5 nitrogen and oxygen atoms in total. The van der Waals surface area contributed by atoms with E-state index in [0.717, 1.165) is 24.1 Å². The van der Waals surface area contributed by atoms with Crippen LogP contribution in [0.5, 0.6) is 5.75 Å². The summed E-state index contributed by atoms with van der Waals surface area (Å²) in [7, 11) is 0. The summed E-state index contributed by atoms with van der Waals surface area (Å²) < 4.78 is 10.7. The van der Waals surface area contributed by atoms with Gasteiger partial charge in [0.1, 0.15) is 10.8 Å². The Morgan fingerprint density at radius 1 is 1.15 bits per heavy atom. The largest absolute Gasteiger partial charge is 0.484 e. The van der Waals surface area contributed by atoms with Gasteiger partial charge < -0.3 is 14.8 Å². The highest BCUT2D eigenvalue weighted by Gasteiger charge is 2.19. The molecule has 1 aliphatic carbocycles. The zero-order chi connectivity index (χ0) is 18.5. The number of esters is 1. The maximum atomic E-state index is 12.3. The van der Waals surface area contributed by atoms with Gasteiger partial charge in [-0.3, -0.25) is 4.79 Å². The second kappa shape index (κ2) is 8.36. The maximum Gasteiger partial charge on any atom is 0.341 e. The molecule has 0 unspecified atom stereocenters. The van der Waals surface area contributed by atoms with Crippen LogP contribution in [0.4, 0.5) is 5.00 Å². The van der Waals surface area contributed by atoms with Crippen LogP contribution < -0.4 is 10.1 Å². The number of aryl methyl sites for hydroxylation is 3. The van der Waals surface area contributed by atoms with Crippen molar-refractivity contribution in [3.63, 3.8) is 0 Å².